The van der Waals surface area contributed by atoms with Crippen LogP contribution in [0.4, 0.5) is 0 Å². The zero-order chi connectivity index (χ0) is 13.0. The lowest BCUT2D eigenvalue weighted by molar-refractivity contribution is 0.0915. The van der Waals surface area contributed by atoms with Gasteiger partial charge in [-0.3, -0.25) is 4.79 Å². The number of hydrogen-bond acceptors (Lipinski definition) is 1. The smallest absolute Gasteiger partial charge is 0.268 e. The predicted molar refractivity (Wildman–Crippen MR) is 74.2 cm³/mol. The van der Waals surface area contributed by atoms with Crippen LogP contribution in [0.5, 0.6) is 0 Å². The number of aryl methyl sites for hydroxylation is 1. The molecular weight excluding hydrogens is 280 g/mol. The number of nitrogens with one attached hydrogen (secondary N) is 1. The van der Waals surface area contributed by atoms with Gasteiger partial charge in [0, 0.05) is 23.3 Å². The van der Waals surface area contributed by atoms with E-state index < -0.39 is 0 Å². The Labute approximate surface area is 112 Å². The average Bonchev–Trinajstić information content (AvgIpc) is 2.66. The predicted octanol–water partition coefficient (Wildman–Crippen LogP) is 3.43. The topological polar surface area (TPSA) is 34.0 Å². The first-order chi connectivity index (χ1) is 7.99. The summed E-state index contributed by atoms with van der Waals surface area (Å²) in [5.41, 5.74) is 0.721. The second-order valence-corrected chi connectivity index (χ2v) is 5.48. The Morgan fingerprint density at radius 2 is 2.12 bits per heavy atom. The van der Waals surface area contributed by atoms with E-state index in [-0.39, 0.29) is 11.9 Å². The molecule has 1 amide bonds. The van der Waals surface area contributed by atoms with E-state index in [4.69, 9.17) is 0 Å². The number of amides is 1. The quantitative estimate of drug-likeness (QED) is 0.888. The first-order valence-electron chi connectivity index (χ1n) is 6.16. The van der Waals surface area contributed by atoms with E-state index in [1.807, 2.05) is 23.8 Å². The fourth-order valence-electron chi connectivity index (χ4n) is 1.91. The Morgan fingerprint density at radius 3 is 2.59 bits per heavy atom. The number of nitrogens with zero attached hydrogens (tertiary/aromatic N) is 1. The second-order valence-electron chi connectivity index (χ2n) is 4.56. The van der Waals surface area contributed by atoms with Crippen LogP contribution in [0.2, 0.25) is 0 Å². The van der Waals surface area contributed by atoms with Crippen LogP contribution in [0.3, 0.4) is 0 Å². The molecule has 1 unspecified atom stereocenters. The molecule has 1 aromatic heterocycles. The minimum absolute atomic E-state index is 0.0121. The SMILES string of the molecule is CCC(NC(=O)c1cc(Br)cn1CC)C(C)C. The third-order valence-corrected chi connectivity index (χ3v) is 3.43. The van der Waals surface area contributed by atoms with Crippen LogP contribution in [0, 0.1) is 5.92 Å². The van der Waals surface area contributed by atoms with Gasteiger partial charge in [0.25, 0.3) is 5.91 Å². The molecular formula is C13H21BrN2O. The van der Waals surface area contributed by atoms with Crippen molar-refractivity contribution in [3.05, 3.63) is 22.4 Å². The highest BCUT2D eigenvalue weighted by Crippen LogP contribution is 2.16. The average molecular weight is 301 g/mol. The maximum atomic E-state index is 12.2. The standard InChI is InChI=1S/C13H21BrN2O/c1-5-11(9(3)4)15-13(17)12-7-10(14)8-16(12)6-2/h7-9,11H,5-6H2,1-4H3,(H,15,17). The Morgan fingerprint density at radius 1 is 1.47 bits per heavy atom. The summed E-state index contributed by atoms with van der Waals surface area (Å²) in [6.45, 7) is 9.18. The number of carbonyl (C=O) groups excluding carboxylic acids is 1. The number of aromatic nitrogens is 1. The van der Waals surface area contributed by atoms with Gasteiger partial charge in [0.05, 0.1) is 0 Å². The molecule has 1 aromatic rings. The van der Waals surface area contributed by atoms with Gasteiger partial charge in [0.2, 0.25) is 0 Å². The molecule has 0 aromatic carbocycles. The van der Waals surface area contributed by atoms with Gasteiger partial charge in [0.1, 0.15) is 5.69 Å². The second kappa shape index (κ2) is 6.24. The minimum atomic E-state index is 0.0121. The van der Waals surface area contributed by atoms with E-state index in [0.29, 0.717) is 5.92 Å². The van der Waals surface area contributed by atoms with Crippen molar-refractivity contribution in [3.8, 4) is 0 Å². The Kier molecular flexibility index (Phi) is 5.25. The number of carbonyl (C=O) groups is 1. The fraction of sp³-hybridized carbons (Fsp3) is 0.615. The van der Waals surface area contributed by atoms with Crippen molar-refractivity contribution in [3.63, 3.8) is 0 Å². The lowest BCUT2D eigenvalue weighted by Gasteiger charge is -2.21. The molecule has 96 valence electrons. The summed E-state index contributed by atoms with van der Waals surface area (Å²) in [5, 5.41) is 3.09. The van der Waals surface area contributed by atoms with Crippen molar-refractivity contribution < 1.29 is 4.79 Å². The third-order valence-electron chi connectivity index (χ3n) is 3.00. The molecule has 0 spiro atoms. The van der Waals surface area contributed by atoms with Crippen LogP contribution >= 0.6 is 15.9 Å². The minimum Gasteiger partial charge on any atom is -0.348 e. The van der Waals surface area contributed by atoms with Crippen molar-refractivity contribution in [2.24, 2.45) is 5.92 Å². The first kappa shape index (κ1) is 14.3. The van der Waals surface area contributed by atoms with Crippen LogP contribution < -0.4 is 5.32 Å². The molecule has 1 rings (SSSR count). The Bertz CT molecular complexity index is 385. The molecule has 0 saturated heterocycles. The molecule has 0 bridgehead atoms. The summed E-state index contributed by atoms with van der Waals surface area (Å²) in [7, 11) is 0. The van der Waals surface area contributed by atoms with Crippen molar-refractivity contribution in [1.82, 2.24) is 9.88 Å². The van der Waals surface area contributed by atoms with Gasteiger partial charge in [-0.15, -0.1) is 0 Å². The fourth-order valence-corrected chi connectivity index (χ4v) is 2.37. The molecule has 1 N–H and O–H groups in total. The summed E-state index contributed by atoms with van der Waals surface area (Å²) >= 11 is 3.40. The highest BCUT2D eigenvalue weighted by Gasteiger charge is 2.18. The Hall–Kier alpha value is -0.770. The monoisotopic (exact) mass is 300 g/mol. The molecule has 1 heterocycles. The van der Waals surface area contributed by atoms with Crippen LogP contribution in [0.1, 0.15) is 44.6 Å². The summed E-state index contributed by atoms with van der Waals surface area (Å²) in [4.78, 5) is 12.2. The summed E-state index contributed by atoms with van der Waals surface area (Å²) in [5.74, 6) is 0.468. The van der Waals surface area contributed by atoms with Crippen molar-refractivity contribution in [2.45, 2.75) is 46.7 Å². The van der Waals surface area contributed by atoms with Gasteiger partial charge in [-0.25, -0.2) is 0 Å². The molecule has 4 heteroatoms. The molecule has 0 fully saturated rings. The highest BCUT2D eigenvalue weighted by molar-refractivity contribution is 9.10. The van der Waals surface area contributed by atoms with Crippen molar-refractivity contribution >= 4 is 21.8 Å². The van der Waals surface area contributed by atoms with Crippen LogP contribution in [-0.2, 0) is 6.54 Å². The molecule has 0 aliphatic heterocycles. The maximum Gasteiger partial charge on any atom is 0.268 e. The third kappa shape index (κ3) is 3.60. The van der Waals surface area contributed by atoms with Gasteiger partial charge >= 0.3 is 0 Å². The maximum absolute atomic E-state index is 12.2. The van der Waals surface area contributed by atoms with Gasteiger partial charge in [-0.2, -0.15) is 0 Å². The molecule has 0 aliphatic rings. The van der Waals surface area contributed by atoms with E-state index in [2.05, 4.69) is 42.0 Å². The van der Waals surface area contributed by atoms with Crippen molar-refractivity contribution in [1.29, 1.82) is 0 Å². The largest absolute Gasteiger partial charge is 0.348 e. The normalized spacial score (nSPS) is 12.8. The summed E-state index contributed by atoms with van der Waals surface area (Å²) in [6.07, 6.45) is 2.89. The molecule has 17 heavy (non-hydrogen) atoms. The van der Waals surface area contributed by atoms with Crippen LogP contribution in [0.15, 0.2) is 16.7 Å². The molecule has 0 saturated carbocycles. The zero-order valence-electron chi connectivity index (χ0n) is 11.0. The van der Waals surface area contributed by atoms with Gasteiger partial charge in [0.15, 0.2) is 0 Å². The number of hydrogen-bond donors (Lipinski definition) is 1. The molecule has 0 aliphatic carbocycles. The van der Waals surface area contributed by atoms with Crippen LogP contribution in [0.25, 0.3) is 0 Å². The molecule has 1 atom stereocenters. The number of halogens is 1. The van der Waals surface area contributed by atoms with E-state index in [1.54, 1.807) is 0 Å². The zero-order valence-corrected chi connectivity index (χ0v) is 12.5. The summed E-state index contributed by atoms with van der Waals surface area (Å²) < 4.78 is 2.90. The van der Waals surface area contributed by atoms with Gasteiger partial charge in [-0.1, -0.05) is 20.8 Å². The lowest BCUT2D eigenvalue weighted by atomic mass is 10.0. The summed E-state index contributed by atoms with van der Waals surface area (Å²) in [6, 6.07) is 2.10. The van der Waals surface area contributed by atoms with E-state index in [1.165, 1.54) is 0 Å². The first-order valence-corrected chi connectivity index (χ1v) is 6.95. The Balaban J connectivity index is 2.81. The molecule has 3 nitrogen and oxygen atoms in total. The van der Waals surface area contributed by atoms with E-state index in [0.717, 1.165) is 23.1 Å². The lowest BCUT2D eigenvalue weighted by Crippen LogP contribution is -2.38. The molecule has 0 radical (unpaired) electrons. The van der Waals surface area contributed by atoms with Crippen LogP contribution in [-0.4, -0.2) is 16.5 Å². The van der Waals surface area contributed by atoms with Gasteiger partial charge < -0.3 is 9.88 Å². The van der Waals surface area contributed by atoms with Crippen molar-refractivity contribution in [2.75, 3.05) is 0 Å². The van der Waals surface area contributed by atoms with E-state index in [9.17, 15) is 4.79 Å². The van der Waals surface area contributed by atoms with Gasteiger partial charge in [-0.05, 0) is 41.3 Å². The highest BCUT2D eigenvalue weighted by atomic mass is 79.9. The number of rotatable bonds is 5. The van der Waals surface area contributed by atoms with E-state index >= 15 is 0 Å².